The van der Waals surface area contributed by atoms with Crippen molar-refractivity contribution in [1.82, 2.24) is 5.32 Å². The lowest BCUT2D eigenvalue weighted by molar-refractivity contribution is -0.386. The number of carbonyl (C=O) groups excluding carboxylic acids is 1. The zero-order chi connectivity index (χ0) is 25.6. The van der Waals surface area contributed by atoms with Crippen LogP contribution in [-0.2, 0) is 20.4 Å². The quantitative estimate of drug-likeness (QED) is 0.344. The molecule has 13 heteroatoms. The Bertz CT molecular complexity index is 1060. The fraction of sp³-hybridized carbons (Fsp3) is 0.409. The highest BCUT2D eigenvalue weighted by Crippen LogP contribution is 2.39. The smallest absolute Gasteiger partial charge is 0.416 e. The molecule has 1 aliphatic heterocycles. The highest BCUT2D eigenvalue weighted by molar-refractivity contribution is 6.32. The SMILES string of the molecule is CCCC(Oc1cc(Oc2ccc(C(F)(F)F)cc2Cl)ccc1[N+](=O)[O-])C(=O)NCC1OCCO1. The molecule has 9 nitrogen and oxygen atoms in total. The number of nitrogens with zero attached hydrogens (tertiary/aromatic N) is 1. The Hall–Kier alpha value is -3.09. The minimum absolute atomic E-state index is 0.00988. The summed E-state index contributed by atoms with van der Waals surface area (Å²) < 4.78 is 60.4. The second-order valence-corrected chi connectivity index (χ2v) is 7.85. The lowest BCUT2D eigenvalue weighted by atomic mass is 10.2. The van der Waals surface area contributed by atoms with Crippen LogP contribution < -0.4 is 14.8 Å². The number of rotatable bonds is 10. The molecular formula is C22H22ClF3N2O7. The molecule has 1 aliphatic rings. The Morgan fingerprint density at radius 3 is 2.54 bits per heavy atom. The van der Waals surface area contributed by atoms with Crippen molar-refractivity contribution in [2.75, 3.05) is 19.8 Å². The number of nitrogens with one attached hydrogen (secondary N) is 1. The average Bonchev–Trinajstić information content (AvgIpc) is 3.31. The third-order valence-corrected chi connectivity index (χ3v) is 5.16. The molecule has 1 fully saturated rings. The summed E-state index contributed by atoms with van der Waals surface area (Å²) >= 11 is 5.92. The summed E-state index contributed by atoms with van der Waals surface area (Å²) in [6.07, 6.45) is -5.43. The van der Waals surface area contributed by atoms with Crippen LogP contribution in [-0.4, -0.2) is 43.0 Å². The number of benzene rings is 2. The zero-order valence-electron chi connectivity index (χ0n) is 18.5. The van der Waals surface area contributed by atoms with E-state index in [1.54, 1.807) is 0 Å². The van der Waals surface area contributed by atoms with Gasteiger partial charge in [0.1, 0.15) is 11.5 Å². The molecule has 0 aromatic heterocycles. The van der Waals surface area contributed by atoms with Gasteiger partial charge in [0.2, 0.25) is 5.75 Å². The van der Waals surface area contributed by atoms with E-state index in [2.05, 4.69) is 5.32 Å². The fourth-order valence-corrected chi connectivity index (χ4v) is 3.39. The molecule has 0 saturated carbocycles. The highest BCUT2D eigenvalue weighted by atomic mass is 35.5. The summed E-state index contributed by atoms with van der Waals surface area (Å²) in [7, 11) is 0. The Kier molecular flexibility index (Phi) is 8.76. The molecule has 0 aliphatic carbocycles. The molecule has 0 bridgehead atoms. The van der Waals surface area contributed by atoms with E-state index < -0.39 is 40.7 Å². The molecule has 0 spiro atoms. The second-order valence-electron chi connectivity index (χ2n) is 7.44. The molecule has 1 amide bonds. The summed E-state index contributed by atoms with van der Waals surface area (Å²) in [5.74, 6) is -0.857. The normalized spacial score (nSPS) is 15.0. The number of nitro groups is 1. The van der Waals surface area contributed by atoms with E-state index in [1.165, 1.54) is 12.1 Å². The van der Waals surface area contributed by atoms with Crippen LogP contribution in [0.1, 0.15) is 25.3 Å². The molecule has 35 heavy (non-hydrogen) atoms. The maximum absolute atomic E-state index is 12.9. The first-order valence-electron chi connectivity index (χ1n) is 10.6. The number of amides is 1. The van der Waals surface area contributed by atoms with Crippen LogP contribution in [0.4, 0.5) is 18.9 Å². The van der Waals surface area contributed by atoms with Gasteiger partial charge < -0.3 is 24.3 Å². The summed E-state index contributed by atoms with van der Waals surface area (Å²) in [5.41, 5.74) is -1.38. The van der Waals surface area contributed by atoms with Gasteiger partial charge in [-0.2, -0.15) is 13.2 Å². The van der Waals surface area contributed by atoms with Gasteiger partial charge in [-0.3, -0.25) is 14.9 Å². The summed E-state index contributed by atoms with van der Waals surface area (Å²) in [6.45, 7) is 2.72. The zero-order valence-corrected chi connectivity index (χ0v) is 19.2. The van der Waals surface area contributed by atoms with E-state index in [4.69, 9.17) is 30.5 Å². The number of nitro benzene ring substituents is 1. The number of ether oxygens (including phenoxy) is 4. The van der Waals surface area contributed by atoms with E-state index in [0.717, 1.165) is 18.2 Å². The molecular weight excluding hydrogens is 497 g/mol. The van der Waals surface area contributed by atoms with Crippen molar-refractivity contribution in [2.24, 2.45) is 0 Å². The highest BCUT2D eigenvalue weighted by Gasteiger charge is 2.31. The monoisotopic (exact) mass is 518 g/mol. The predicted molar refractivity (Wildman–Crippen MR) is 118 cm³/mol. The maximum atomic E-state index is 12.9. The van der Waals surface area contributed by atoms with Gasteiger partial charge in [-0.15, -0.1) is 0 Å². The minimum Gasteiger partial charge on any atom is -0.473 e. The summed E-state index contributed by atoms with van der Waals surface area (Å²) in [6, 6.07) is 6.05. The number of carbonyl (C=O) groups is 1. The van der Waals surface area contributed by atoms with Gasteiger partial charge in [-0.1, -0.05) is 24.9 Å². The molecule has 1 atom stereocenters. The number of halogens is 4. The van der Waals surface area contributed by atoms with Crippen LogP contribution in [0.15, 0.2) is 36.4 Å². The first kappa shape index (κ1) is 26.5. The van der Waals surface area contributed by atoms with E-state index in [0.29, 0.717) is 25.7 Å². The van der Waals surface area contributed by atoms with Crippen molar-refractivity contribution in [3.63, 3.8) is 0 Å². The predicted octanol–water partition coefficient (Wildman–Crippen LogP) is 5.10. The Morgan fingerprint density at radius 2 is 1.94 bits per heavy atom. The Morgan fingerprint density at radius 1 is 1.23 bits per heavy atom. The van der Waals surface area contributed by atoms with Crippen molar-refractivity contribution in [3.05, 3.63) is 57.1 Å². The molecule has 3 rings (SSSR count). The molecule has 1 unspecified atom stereocenters. The molecule has 1 N–H and O–H groups in total. The van der Waals surface area contributed by atoms with Gasteiger partial charge >= 0.3 is 11.9 Å². The molecule has 2 aromatic rings. The molecule has 190 valence electrons. The van der Waals surface area contributed by atoms with Crippen molar-refractivity contribution < 1.29 is 41.8 Å². The second kappa shape index (κ2) is 11.6. The number of hydrogen-bond donors (Lipinski definition) is 1. The van der Waals surface area contributed by atoms with Crippen molar-refractivity contribution in [2.45, 2.75) is 38.3 Å². The van der Waals surface area contributed by atoms with Gasteiger partial charge in [-0.05, 0) is 30.7 Å². The van der Waals surface area contributed by atoms with E-state index in [9.17, 15) is 28.1 Å². The molecule has 2 aromatic carbocycles. The van der Waals surface area contributed by atoms with Gasteiger partial charge in [0.15, 0.2) is 12.4 Å². The lowest BCUT2D eigenvalue weighted by Crippen LogP contribution is -2.42. The van der Waals surface area contributed by atoms with Crippen LogP contribution in [0.25, 0.3) is 0 Å². The van der Waals surface area contributed by atoms with Crippen LogP contribution in [0.5, 0.6) is 17.2 Å². The van der Waals surface area contributed by atoms with Crippen LogP contribution in [0, 0.1) is 10.1 Å². The van der Waals surface area contributed by atoms with Gasteiger partial charge in [-0.25, -0.2) is 0 Å². The first-order valence-corrected chi connectivity index (χ1v) is 11.0. The molecule has 0 radical (unpaired) electrons. The largest absolute Gasteiger partial charge is 0.473 e. The number of alkyl halides is 3. The fourth-order valence-electron chi connectivity index (χ4n) is 3.17. The third-order valence-electron chi connectivity index (χ3n) is 4.86. The number of hydrogen-bond acceptors (Lipinski definition) is 7. The van der Waals surface area contributed by atoms with E-state index in [-0.39, 0.29) is 35.2 Å². The van der Waals surface area contributed by atoms with Crippen LogP contribution >= 0.6 is 11.6 Å². The maximum Gasteiger partial charge on any atom is 0.416 e. The van der Waals surface area contributed by atoms with Gasteiger partial charge in [0.25, 0.3) is 5.91 Å². The van der Waals surface area contributed by atoms with Crippen molar-refractivity contribution in [3.8, 4) is 17.2 Å². The van der Waals surface area contributed by atoms with Crippen LogP contribution in [0.2, 0.25) is 5.02 Å². The topological polar surface area (TPSA) is 109 Å². The Balaban J connectivity index is 1.79. The average molecular weight is 519 g/mol. The molecule has 1 heterocycles. The summed E-state index contributed by atoms with van der Waals surface area (Å²) in [5, 5.41) is 13.8. The van der Waals surface area contributed by atoms with Crippen LogP contribution in [0.3, 0.4) is 0 Å². The van der Waals surface area contributed by atoms with E-state index >= 15 is 0 Å². The summed E-state index contributed by atoms with van der Waals surface area (Å²) in [4.78, 5) is 23.5. The van der Waals surface area contributed by atoms with Gasteiger partial charge in [0, 0.05) is 12.1 Å². The lowest BCUT2D eigenvalue weighted by Gasteiger charge is -2.19. The van der Waals surface area contributed by atoms with Crippen molar-refractivity contribution in [1.29, 1.82) is 0 Å². The van der Waals surface area contributed by atoms with E-state index in [1.807, 2.05) is 6.92 Å². The third kappa shape index (κ3) is 7.20. The molecule has 1 saturated heterocycles. The first-order chi connectivity index (χ1) is 16.6. The van der Waals surface area contributed by atoms with Crippen molar-refractivity contribution >= 4 is 23.2 Å². The minimum atomic E-state index is -4.58. The Labute approximate surface area is 203 Å². The van der Waals surface area contributed by atoms with Gasteiger partial charge in [0.05, 0.1) is 35.3 Å². The standard InChI is InChI=1S/C22H22ClF3N2O7/c1-2-3-18(21(29)27-12-20-32-8-9-33-20)35-19-11-14(5-6-16(19)28(30)31)34-17-7-4-13(10-15(17)23)22(24,25)26/h4-7,10-11,18,20H,2-3,8-9,12H2,1H3,(H,27,29).